The van der Waals surface area contributed by atoms with Crippen molar-refractivity contribution in [2.24, 2.45) is 0 Å². The third-order valence-electron chi connectivity index (χ3n) is 3.83. The van der Waals surface area contributed by atoms with Crippen LogP contribution in [0, 0.1) is 0 Å². The van der Waals surface area contributed by atoms with Gasteiger partial charge in [0.25, 0.3) is 0 Å². The summed E-state index contributed by atoms with van der Waals surface area (Å²) in [4.78, 5) is 27.7. The van der Waals surface area contributed by atoms with Crippen LogP contribution in [0.5, 0.6) is 0 Å². The van der Waals surface area contributed by atoms with E-state index in [4.69, 9.17) is 0 Å². The predicted molar refractivity (Wildman–Crippen MR) is 80.4 cm³/mol. The molecule has 0 aromatic rings. The third kappa shape index (κ3) is 5.12. The summed E-state index contributed by atoms with van der Waals surface area (Å²) in [6.45, 7) is 5.56. The Kier molecular flexibility index (Phi) is 6.46. The van der Waals surface area contributed by atoms with E-state index in [0.717, 1.165) is 25.9 Å². The maximum absolute atomic E-state index is 12.2. The first-order valence-corrected chi connectivity index (χ1v) is 7.59. The second kappa shape index (κ2) is 7.62. The highest BCUT2D eigenvalue weighted by atomic mass is 16.2. The van der Waals surface area contributed by atoms with Crippen molar-refractivity contribution in [3.05, 3.63) is 0 Å². The van der Waals surface area contributed by atoms with E-state index in [0.29, 0.717) is 0 Å². The zero-order valence-corrected chi connectivity index (χ0v) is 13.4. The Morgan fingerprint density at radius 1 is 1.05 bits per heavy atom. The second-order valence-electron chi connectivity index (χ2n) is 6.33. The molecule has 0 aromatic heterocycles. The van der Waals surface area contributed by atoms with Crippen LogP contribution in [0.15, 0.2) is 0 Å². The lowest BCUT2D eigenvalue weighted by Crippen LogP contribution is -2.55. The van der Waals surface area contributed by atoms with E-state index in [1.165, 1.54) is 19.3 Å². The smallest absolute Gasteiger partial charge is 0.241 e. The molecular weight excluding hydrogens is 254 g/mol. The van der Waals surface area contributed by atoms with Gasteiger partial charge in [0, 0.05) is 27.2 Å². The van der Waals surface area contributed by atoms with Crippen LogP contribution in [0.4, 0.5) is 0 Å². The molecule has 0 radical (unpaired) electrons. The van der Waals surface area contributed by atoms with Crippen molar-refractivity contribution in [3.8, 4) is 0 Å². The van der Waals surface area contributed by atoms with Gasteiger partial charge in [-0.15, -0.1) is 0 Å². The molecule has 0 aliphatic carbocycles. The van der Waals surface area contributed by atoms with Crippen molar-refractivity contribution in [1.82, 2.24) is 15.1 Å². The molecule has 1 aliphatic heterocycles. The monoisotopic (exact) mass is 283 g/mol. The molecule has 1 heterocycles. The molecule has 0 saturated carbocycles. The summed E-state index contributed by atoms with van der Waals surface area (Å²) >= 11 is 0. The van der Waals surface area contributed by atoms with E-state index < -0.39 is 5.54 Å². The molecule has 0 atom stereocenters. The lowest BCUT2D eigenvalue weighted by molar-refractivity contribution is -0.135. The molecule has 20 heavy (non-hydrogen) atoms. The maximum atomic E-state index is 12.2. The van der Waals surface area contributed by atoms with Gasteiger partial charge in [-0.25, -0.2) is 0 Å². The Balaban J connectivity index is 2.46. The minimum absolute atomic E-state index is 0.0158. The van der Waals surface area contributed by atoms with Gasteiger partial charge in [0.15, 0.2) is 0 Å². The van der Waals surface area contributed by atoms with E-state index in [2.05, 4.69) is 5.32 Å². The van der Waals surface area contributed by atoms with Gasteiger partial charge in [0.05, 0.1) is 12.1 Å². The number of amides is 2. The number of likely N-dealkylation sites (N-methyl/N-ethyl adjacent to an activating group) is 1. The summed E-state index contributed by atoms with van der Waals surface area (Å²) in [7, 11) is 3.46. The lowest BCUT2D eigenvalue weighted by Gasteiger charge is -2.30. The third-order valence-corrected chi connectivity index (χ3v) is 3.83. The van der Waals surface area contributed by atoms with Gasteiger partial charge in [-0.05, 0) is 26.7 Å². The number of hydrogen-bond donors (Lipinski definition) is 1. The number of likely N-dealkylation sites (tertiary alicyclic amines) is 1. The number of nitrogens with one attached hydrogen (secondary N) is 1. The molecule has 116 valence electrons. The number of hydrogen-bond acceptors (Lipinski definition) is 3. The van der Waals surface area contributed by atoms with Crippen molar-refractivity contribution >= 4 is 11.8 Å². The highest BCUT2D eigenvalue weighted by Gasteiger charge is 2.29. The maximum Gasteiger partial charge on any atom is 0.241 e. The average molecular weight is 283 g/mol. The summed E-state index contributed by atoms with van der Waals surface area (Å²) < 4.78 is 0. The van der Waals surface area contributed by atoms with Crippen molar-refractivity contribution in [2.45, 2.75) is 51.5 Å². The van der Waals surface area contributed by atoms with Gasteiger partial charge in [-0.3, -0.25) is 14.9 Å². The van der Waals surface area contributed by atoms with Crippen LogP contribution < -0.4 is 5.32 Å². The van der Waals surface area contributed by atoms with Crippen LogP contribution in [0.25, 0.3) is 0 Å². The zero-order valence-electron chi connectivity index (χ0n) is 13.4. The van der Waals surface area contributed by atoms with Crippen molar-refractivity contribution in [2.75, 3.05) is 33.7 Å². The molecule has 1 rings (SSSR count). The zero-order chi connectivity index (χ0) is 15.2. The van der Waals surface area contributed by atoms with E-state index in [1.807, 2.05) is 18.7 Å². The van der Waals surface area contributed by atoms with E-state index >= 15 is 0 Å². The van der Waals surface area contributed by atoms with E-state index in [9.17, 15) is 9.59 Å². The van der Waals surface area contributed by atoms with Gasteiger partial charge in [0.1, 0.15) is 0 Å². The van der Waals surface area contributed by atoms with Crippen molar-refractivity contribution in [3.63, 3.8) is 0 Å². The summed E-state index contributed by atoms with van der Waals surface area (Å²) in [5.41, 5.74) is -0.706. The predicted octanol–water partition coefficient (Wildman–Crippen LogP) is 1.24. The van der Waals surface area contributed by atoms with Crippen LogP contribution in [-0.4, -0.2) is 60.9 Å². The van der Waals surface area contributed by atoms with Gasteiger partial charge in [0.2, 0.25) is 11.8 Å². The SMILES string of the molecule is CN(C)C(=O)C(C)(C)NCC(=O)N1CCCCCCC1. The Bertz CT molecular complexity index is 332. The summed E-state index contributed by atoms with van der Waals surface area (Å²) in [5.74, 6) is 0.0875. The van der Waals surface area contributed by atoms with Crippen molar-refractivity contribution in [1.29, 1.82) is 0 Å². The van der Waals surface area contributed by atoms with Crippen molar-refractivity contribution < 1.29 is 9.59 Å². The Morgan fingerprint density at radius 2 is 1.55 bits per heavy atom. The minimum atomic E-state index is -0.706. The first-order valence-electron chi connectivity index (χ1n) is 7.59. The molecule has 0 unspecified atom stereocenters. The molecule has 0 spiro atoms. The molecule has 1 fully saturated rings. The van der Waals surface area contributed by atoms with Crippen LogP contribution in [-0.2, 0) is 9.59 Å². The topological polar surface area (TPSA) is 52.7 Å². The summed E-state index contributed by atoms with van der Waals surface area (Å²) in [6.07, 6.45) is 5.88. The van der Waals surface area contributed by atoms with Crippen LogP contribution in [0.2, 0.25) is 0 Å². The lowest BCUT2D eigenvalue weighted by atomic mass is 10.0. The fraction of sp³-hybridized carbons (Fsp3) is 0.867. The van der Waals surface area contributed by atoms with Crippen LogP contribution >= 0.6 is 0 Å². The molecule has 0 bridgehead atoms. The summed E-state index contributed by atoms with van der Waals surface area (Å²) in [6, 6.07) is 0. The number of carbonyl (C=O) groups is 2. The summed E-state index contributed by atoms with van der Waals surface area (Å²) in [5, 5.41) is 3.09. The molecule has 5 nitrogen and oxygen atoms in total. The highest BCUT2D eigenvalue weighted by molar-refractivity contribution is 5.86. The van der Waals surface area contributed by atoms with Crippen LogP contribution in [0.3, 0.4) is 0 Å². The number of nitrogens with zero attached hydrogens (tertiary/aromatic N) is 2. The van der Waals surface area contributed by atoms with Gasteiger partial charge in [-0.1, -0.05) is 19.3 Å². The first-order chi connectivity index (χ1) is 9.34. The largest absolute Gasteiger partial charge is 0.347 e. The van der Waals surface area contributed by atoms with Gasteiger partial charge >= 0.3 is 0 Å². The first kappa shape index (κ1) is 17.0. The Morgan fingerprint density at radius 3 is 2.05 bits per heavy atom. The molecule has 1 saturated heterocycles. The molecule has 5 heteroatoms. The van der Waals surface area contributed by atoms with Gasteiger partial charge in [-0.2, -0.15) is 0 Å². The normalized spacial score (nSPS) is 17.3. The second-order valence-corrected chi connectivity index (χ2v) is 6.33. The Labute approximate surface area is 122 Å². The quantitative estimate of drug-likeness (QED) is 0.844. The molecular formula is C15H29N3O2. The molecule has 2 amide bonds. The number of rotatable bonds is 4. The van der Waals surface area contributed by atoms with E-state index in [1.54, 1.807) is 19.0 Å². The Hall–Kier alpha value is -1.10. The fourth-order valence-corrected chi connectivity index (χ4v) is 2.54. The standard InChI is InChI=1S/C15H29N3O2/c1-15(2,14(20)17(3)4)16-12-13(19)18-10-8-6-5-7-9-11-18/h16H,5-12H2,1-4H3. The van der Waals surface area contributed by atoms with Gasteiger partial charge < -0.3 is 9.80 Å². The molecule has 0 aromatic carbocycles. The van der Waals surface area contributed by atoms with Crippen LogP contribution in [0.1, 0.15) is 46.0 Å². The molecule has 1 N–H and O–H groups in total. The minimum Gasteiger partial charge on any atom is -0.347 e. The fourth-order valence-electron chi connectivity index (χ4n) is 2.54. The van der Waals surface area contributed by atoms with E-state index in [-0.39, 0.29) is 18.4 Å². The average Bonchev–Trinajstić information content (AvgIpc) is 2.34. The molecule has 1 aliphatic rings. The highest BCUT2D eigenvalue weighted by Crippen LogP contribution is 2.11. The number of carbonyl (C=O) groups excluding carboxylic acids is 2.